The summed E-state index contributed by atoms with van der Waals surface area (Å²) in [6.07, 6.45) is -11.9. The monoisotopic (exact) mass is 376 g/mol. The van der Waals surface area contributed by atoms with Gasteiger partial charge in [0.1, 0.15) is 6.10 Å². The molecule has 23 heavy (non-hydrogen) atoms. The Bertz CT molecular complexity index is 449. The molecule has 1 atom stereocenters. The summed E-state index contributed by atoms with van der Waals surface area (Å²) in [6, 6.07) is 0. The van der Waals surface area contributed by atoms with Gasteiger partial charge in [-0.15, -0.1) is 6.58 Å². The van der Waals surface area contributed by atoms with Crippen molar-refractivity contribution in [3.05, 3.63) is 12.7 Å². The van der Waals surface area contributed by atoms with Crippen molar-refractivity contribution >= 4 is 0 Å². The maximum Gasteiger partial charge on any atom is 0.460 e. The number of rotatable bonds is 6. The predicted octanol–water partition coefficient (Wildman–Crippen LogP) is 4.27. The van der Waals surface area contributed by atoms with Crippen molar-refractivity contribution in [2.45, 2.75) is 41.9 Å². The maximum atomic E-state index is 12.9. The Labute approximate surface area is 118 Å². The van der Waals surface area contributed by atoms with Gasteiger partial charge >= 0.3 is 35.8 Å². The molecule has 0 saturated carbocycles. The van der Waals surface area contributed by atoms with Crippen molar-refractivity contribution in [3.8, 4) is 0 Å². The van der Waals surface area contributed by atoms with Gasteiger partial charge in [0.25, 0.3) is 0 Å². The lowest BCUT2D eigenvalue weighted by atomic mass is 9.91. The summed E-state index contributed by atoms with van der Waals surface area (Å²) in [6.45, 7) is 2.25. The fourth-order valence-electron chi connectivity index (χ4n) is 1.12. The van der Waals surface area contributed by atoms with E-state index in [1.807, 2.05) is 0 Å². The van der Waals surface area contributed by atoms with Crippen LogP contribution in [-0.2, 0) is 0 Å². The molecule has 0 aliphatic rings. The van der Waals surface area contributed by atoms with Gasteiger partial charge in [0.2, 0.25) is 0 Å². The lowest BCUT2D eigenvalue weighted by molar-refractivity contribution is -0.443. The predicted molar refractivity (Wildman–Crippen MR) is 47.0 cm³/mol. The van der Waals surface area contributed by atoms with Crippen LogP contribution in [0.25, 0.3) is 0 Å². The smallest absolute Gasteiger partial charge is 0.382 e. The van der Waals surface area contributed by atoms with Crippen LogP contribution in [0.1, 0.15) is 0 Å². The molecule has 0 aromatic rings. The zero-order valence-corrected chi connectivity index (χ0v) is 10.2. The molecular weight excluding hydrogens is 371 g/mol. The van der Waals surface area contributed by atoms with E-state index in [2.05, 4.69) is 6.58 Å². The number of halogens is 13. The van der Waals surface area contributed by atoms with Crippen molar-refractivity contribution in [1.82, 2.24) is 0 Å². The molecule has 0 bridgehead atoms. The summed E-state index contributed by atoms with van der Waals surface area (Å²) in [7, 11) is 0. The van der Waals surface area contributed by atoms with Crippen molar-refractivity contribution in [1.29, 1.82) is 0 Å². The van der Waals surface area contributed by atoms with Crippen LogP contribution in [0.3, 0.4) is 0 Å². The SMILES string of the molecule is C=CC(O)C(F)(F)C(F)(F)C(F)(F)C(F)(F)C(F)(F)C(F)(F)F. The van der Waals surface area contributed by atoms with Gasteiger partial charge in [0.15, 0.2) is 0 Å². The quantitative estimate of drug-likeness (QED) is 0.542. The lowest BCUT2D eigenvalue weighted by Gasteiger charge is -2.40. The summed E-state index contributed by atoms with van der Waals surface area (Å²) in [4.78, 5) is 0. The van der Waals surface area contributed by atoms with Crippen LogP contribution < -0.4 is 0 Å². The van der Waals surface area contributed by atoms with Crippen molar-refractivity contribution in [3.63, 3.8) is 0 Å². The summed E-state index contributed by atoms with van der Waals surface area (Å²) in [5, 5.41) is 8.38. The number of aliphatic hydroxyl groups excluding tert-OH is 1. The average Bonchev–Trinajstić information content (AvgIpc) is 2.35. The van der Waals surface area contributed by atoms with E-state index in [0.29, 0.717) is 0 Å². The van der Waals surface area contributed by atoms with Crippen molar-refractivity contribution in [2.24, 2.45) is 0 Å². The topological polar surface area (TPSA) is 20.2 Å². The molecule has 0 aliphatic carbocycles. The summed E-state index contributed by atoms with van der Waals surface area (Å²) >= 11 is 0. The zero-order valence-electron chi connectivity index (χ0n) is 10.2. The minimum Gasteiger partial charge on any atom is -0.382 e. The van der Waals surface area contributed by atoms with Crippen LogP contribution >= 0.6 is 0 Å². The standard InChI is InChI=1S/C9H5F13O/c1-2-3(23)4(10,11)5(12,13)6(14,15)7(16,17)8(18,19)9(20,21)22/h2-3,23H,1H2. The molecular formula is C9H5F13O. The normalized spacial score (nSPS) is 17.1. The van der Waals surface area contributed by atoms with Gasteiger partial charge in [0.05, 0.1) is 0 Å². The van der Waals surface area contributed by atoms with Gasteiger partial charge in [-0.25, -0.2) is 0 Å². The molecule has 138 valence electrons. The Balaban J connectivity index is 6.30. The molecule has 1 unspecified atom stereocenters. The summed E-state index contributed by atoms with van der Waals surface area (Å²) in [5.74, 6) is -37.7. The Hall–Kier alpha value is -1.21. The molecule has 0 spiro atoms. The van der Waals surface area contributed by atoms with Crippen LogP contribution in [0.4, 0.5) is 57.1 Å². The molecule has 1 N–H and O–H groups in total. The van der Waals surface area contributed by atoms with Gasteiger partial charge in [0, 0.05) is 0 Å². The van der Waals surface area contributed by atoms with E-state index >= 15 is 0 Å². The molecule has 0 saturated heterocycles. The molecule has 0 radical (unpaired) electrons. The van der Waals surface area contributed by atoms with Crippen LogP contribution in [0, 0.1) is 0 Å². The van der Waals surface area contributed by atoms with Crippen LogP contribution in [0.2, 0.25) is 0 Å². The van der Waals surface area contributed by atoms with Crippen LogP contribution in [-0.4, -0.2) is 47.0 Å². The molecule has 0 amide bonds. The molecule has 0 aromatic heterocycles. The van der Waals surface area contributed by atoms with Gasteiger partial charge < -0.3 is 5.11 Å². The largest absolute Gasteiger partial charge is 0.460 e. The second kappa shape index (κ2) is 5.41. The second-order valence-electron chi connectivity index (χ2n) is 4.10. The third-order valence-corrected chi connectivity index (χ3v) is 2.55. The van der Waals surface area contributed by atoms with E-state index in [1.54, 1.807) is 0 Å². The Morgan fingerprint density at radius 3 is 1.17 bits per heavy atom. The van der Waals surface area contributed by atoms with E-state index < -0.39 is 48.0 Å². The van der Waals surface area contributed by atoms with Crippen molar-refractivity contribution < 1.29 is 62.2 Å². The highest BCUT2D eigenvalue weighted by Crippen LogP contribution is 2.60. The summed E-state index contributed by atoms with van der Waals surface area (Å²) in [5.41, 5.74) is 0. The first-order valence-corrected chi connectivity index (χ1v) is 5.00. The van der Waals surface area contributed by atoms with Gasteiger partial charge in [-0.05, 0) is 0 Å². The fraction of sp³-hybridized carbons (Fsp3) is 0.778. The number of hydrogen-bond acceptors (Lipinski definition) is 1. The highest BCUT2D eigenvalue weighted by Gasteiger charge is 2.91. The van der Waals surface area contributed by atoms with E-state index in [-0.39, 0.29) is 0 Å². The highest BCUT2D eigenvalue weighted by atomic mass is 19.4. The number of aliphatic hydroxyl groups is 1. The molecule has 0 aliphatic heterocycles. The lowest BCUT2D eigenvalue weighted by Crippen LogP contribution is -2.71. The number of alkyl halides is 13. The maximum absolute atomic E-state index is 12.9. The number of hydrogen-bond donors (Lipinski definition) is 1. The third kappa shape index (κ3) is 2.74. The first kappa shape index (κ1) is 21.8. The fourth-order valence-corrected chi connectivity index (χ4v) is 1.12. The first-order valence-electron chi connectivity index (χ1n) is 5.00. The van der Waals surface area contributed by atoms with E-state index in [1.165, 1.54) is 0 Å². The van der Waals surface area contributed by atoms with E-state index in [9.17, 15) is 57.1 Å². The molecule has 0 aromatic carbocycles. The Kier molecular flexibility index (Phi) is 5.13. The minimum absolute atomic E-state index is 0.538. The van der Waals surface area contributed by atoms with Gasteiger partial charge in [-0.2, -0.15) is 57.1 Å². The third-order valence-electron chi connectivity index (χ3n) is 2.55. The van der Waals surface area contributed by atoms with Gasteiger partial charge in [-0.1, -0.05) is 6.08 Å². The average molecular weight is 376 g/mol. The summed E-state index contributed by atoms with van der Waals surface area (Å²) < 4.78 is 163. The van der Waals surface area contributed by atoms with E-state index in [4.69, 9.17) is 5.11 Å². The minimum atomic E-state index is -7.97. The zero-order chi connectivity index (χ0) is 19.3. The highest BCUT2D eigenvalue weighted by molar-refractivity contribution is 5.13. The first-order chi connectivity index (χ1) is 9.73. The van der Waals surface area contributed by atoms with Crippen LogP contribution in [0.5, 0.6) is 0 Å². The van der Waals surface area contributed by atoms with Crippen molar-refractivity contribution in [2.75, 3.05) is 0 Å². The molecule has 0 heterocycles. The van der Waals surface area contributed by atoms with Crippen LogP contribution in [0.15, 0.2) is 12.7 Å². The molecule has 0 rings (SSSR count). The molecule has 1 nitrogen and oxygen atoms in total. The Morgan fingerprint density at radius 1 is 0.609 bits per heavy atom. The Morgan fingerprint density at radius 2 is 0.913 bits per heavy atom. The van der Waals surface area contributed by atoms with Gasteiger partial charge in [-0.3, -0.25) is 0 Å². The second-order valence-corrected chi connectivity index (χ2v) is 4.10. The van der Waals surface area contributed by atoms with E-state index in [0.717, 1.165) is 0 Å². The molecule has 14 heteroatoms. The molecule has 0 fully saturated rings.